The third-order valence-electron chi connectivity index (χ3n) is 6.06. The van der Waals surface area contributed by atoms with Gasteiger partial charge in [0.1, 0.15) is 6.04 Å². The molecular formula is C19H20F2N4O2. The van der Waals surface area contributed by atoms with Crippen molar-refractivity contribution in [3.05, 3.63) is 30.1 Å². The normalized spacial score (nSPS) is 28.1. The van der Waals surface area contributed by atoms with Crippen molar-refractivity contribution >= 4 is 28.3 Å². The van der Waals surface area contributed by atoms with E-state index >= 15 is 0 Å². The van der Waals surface area contributed by atoms with Gasteiger partial charge < -0.3 is 14.8 Å². The molecule has 4 saturated heterocycles. The van der Waals surface area contributed by atoms with Crippen LogP contribution in [0, 0.1) is 11.6 Å². The summed E-state index contributed by atoms with van der Waals surface area (Å²) in [6.45, 7) is 1.59. The van der Waals surface area contributed by atoms with Crippen LogP contribution in [0.15, 0.2) is 18.5 Å². The Bertz CT molecular complexity index is 949. The van der Waals surface area contributed by atoms with Crippen molar-refractivity contribution in [1.29, 1.82) is 0 Å². The second-order valence-corrected chi connectivity index (χ2v) is 7.68. The number of imide groups is 1. The molecule has 6 nitrogen and oxygen atoms in total. The maximum absolute atomic E-state index is 14.5. The zero-order valence-electron chi connectivity index (χ0n) is 14.7. The van der Waals surface area contributed by atoms with Gasteiger partial charge in [-0.05, 0) is 19.3 Å². The molecule has 2 bridgehead atoms. The van der Waals surface area contributed by atoms with Crippen LogP contribution in [0.3, 0.4) is 0 Å². The number of hydrogen-bond donors (Lipinski definition) is 2. The van der Waals surface area contributed by atoms with Gasteiger partial charge in [0.25, 0.3) is 0 Å². The Kier molecular flexibility index (Phi) is 3.72. The number of fused-ring (bicyclic) bond motifs is 4. The SMILES string of the molecule is O=C1CCC(n2cc3c(N4CC5CCC4CN5)cc(F)c(F)c3c2)C(=O)N1. The summed E-state index contributed by atoms with van der Waals surface area (Å²) in [4.78, 5) is 25.7. The first-order chi connectivity index (χ1) is 13.0. The lowest BCUT2D eigenvalue weighted by atomic mass is 9.92. The van der Waals surface area contributed by atoms with Crippen LogP contribution >= 0.6 is 0 Å². The van der Waals surface area contributed by atoms with Gasteiger partial charge in [0.05, 0.1) is 0 Å². The number of benzene rings is 1. The zero-order valence-corrected chi connectivity index (χ0v) is 14.7. The Labute approximate surface area is 154 Å². The van der Waals surface area contributed by atoms with Crippen LogP contribution in [0.25, 0.3) is 10.8 Å². The van der Waals surface area contributed by atoms with Gasteiger partial charge in [-0.2, -0.15) is 0 Å². The average Bonchev–Trinajstić information content (AvgIpc) is 3.11. The highest BCUT2D eigenvalue weighted by Gasteiger charge is 2.35. The molecule has 4 aliphatic heterocycles. The van der Waals surface area contributed by atoms with Crippen LogP contribution in [-0.2, 0) is 9.59 Å². The number of hydrogen-bond acceptors (Lipinski definition) is 4. The number of piperazine rings is 1. The van der Waals surface area contributed by atoms with Crippen molar-refractivity contribution in [3.63, 3.8) is 0 Å². The lowest BCUT2D eigenvalue weighted by Crippen LogP contribution is -2.61. The average molecular weight is 374 g/mol. The number of nitrogens with one attached hydrogen (secondary N) is 2. The van der Waals surface area contributed by atoms with Gasteiger partial charge in [0, 0.05) is 66.5 Å². The summed E-state index contributed by atoms with van der Waals surface area (Å²) in [5.41, 5.74) is 0.672. The standard InChI is InChI=1S/C19H20F2N4O2/c20-14-5-16(25-7-10-1-2-11(25)6-22-10)12-8-24(9-13(12)18(14)21)15-3-4-17(26)23-19(15)27/h5,8-11,15,22H,1-4,6-7H2,(H,23,26,27). The predicted molar refractivity (Wildman–Crippen MR) is 95.4 cm³/mol. The number of carbonyl (C=O) groups is 2. The van der Waals surface area contributed by atoms with Crippen molar-refractivity contribution in [2.24, 2.45) is 0 Å². The number of piperidine rings is 3. The second kappa shape index (κ2) is 6.02. The van der Waals surface area contributed by atoms with E-state index in [2.05, 4.69) is 15.5 Å². The van der Waals surface area contributed by atoms with E-state index < -0.39 is 23.6 Å². The highest BCUT2D eigenvalue weighted by atomic mass is 19.2. The van der Waals surface area contributed by atoms with E-state index in [4.69, 9.17) is 0 Å². The van der Waals surface area contributed by atoms with E-state index in [1.165, 1.54) is 12.3 Å². The van der Waals surface area contributed by atoms with Crippen molar-refractivity contribution in [2.75, 3.05) is 18.0 Å². The molecule has 2 amide bonds. The van der Waals surface area contributed by atoms with Crippen LogP contribution in [0.1, 0.15) is 31.7 Å². The van der Waals surface area contributed by atoms with Crippen molar-refractivity contribution < 1.29 is 18.4 Å². The maximum Gasteiger partial charge on any atom is 0.249 e. The number of aromatic nitrogens is 1. The summed E-state index contributed by atoms with van der Waals surface area (Å²) < 4.78 is 30.4. The molecule has 0 radical (unpaired) electrons. The highest BCUT2D eigenvalue weighted by Crippen LogP contribution is 2.37. The quantitative estimate of drug-likeness (QED) is 0.788. The molecule has 2 N–H and O–H groups in total. The van der Waals surface area contributed by atoms with E-state index in [0.29, 0.717) is 23.5 Å². The molecule has 0 spiro atoms. The molecule has 1 aromatic carbocycles. The Morgan fingerprint density at radius 2 is 1.89 bits per heavy atom. The molecule has 0 saturated carbocycles. The fraction of sp³-hybridized carbons (Fsp3) is 0.474. The lowest BCUT2D eigenvalue weighted by Gasteiger charge is -2.47. The summed E-state index contributed by atoms with van der Waals surface area (Å²) in [7, 11) is 0. The minimum absolute atomic E-state index is 0.170. The number of rotatable bonds is 2. The minimum atomic E-state index is -0.903. The first kappa shape index (κ1) is 16.7. The van der Waals surface area contributed by atoms with Crippen molar-refractivity contribution in [1.82, 2.24) is 15.2 Å². The number of amides is 2. The molecule has 4 aliphatic rings. The first-order valence-corrected chi connectivity index (χ1v) is 9.34. The minimum Gasteiger partial charge on any atom is -0.365 e. The lowest BCUT2D eigenvalue weighted by molar-refractivity contribution is -0.135. The Morgan fingerprint density at radius 3 is 2.56 bits per heavy atom. The van der Waals surface area contributed by atoms with Gasteiger partial charge in [-0.1, -0.05) is 0 Å². The van der Waals surface area contributed by atoms with Gasteiger partial charge in [-0.3, -0.25) is 14.9 Å². The largest absolute Gasteiger partial charge is 0.365 e. The van der Waals surface area contributed by atoms with Gasteiger partial charge in [-0.25, -0.2) is 8.78 Å². The summed E-state index contributed by atoms with van der Waals surface area (Å²) >= 11 is 0. The number of halogens is 2. The predicted octanol–water partition coefficient (Wildman–Crippen LogP) is 1.84. The summed E-state index contributed by atoms with van der Waals surface area (Å²) in [5.74, 6) is -2.49. The van der Waals surface area contributed by atoms with Crippen LogP contribution in [0.2, 0.25) is 0 Å². The highest BCUT2D eigenvalue weighted by molar-refractivity contribution is 6.00. The van der Waals surface area contributed by atoms with E-state index in [-0.39, 0.29) is 23.8 Å². The summed E-state index contributed by atoms with van der Waals surface area (Å²) in [6, 6.07) is 1.29. The summed E-state index contributed by atoms with van der Waals surface area (Å²) in [5, 5.41) is 6.55. The Hall–Kier alpha value is -2.48. The van der Waals surface area contributed by atoms with Crippen LogP contribution in [0.5, 0.6) is 0 Å². The fourth-order valence-electron chi connectivity index (χ4n) is 4.63. The third kappa shape index (κ3) is 2.62. The number of anilines is 1. The molecule has 6 rings (SSSR count). The zero-order chi connectivity index (χ0) is 18.7. The molecule has 2 aromatic rings. The van der Waals surface area contributed by atoms with E-state index in [0.717, 1.165) is 25.9 Å². The molecule has 142 valence electrons. The molecule has 5 heterocycles. The molecular weight excluding hydrogens is 354 g/mol. The smallest absolute Gasteiger partial charge is 0.249 e. The topological polar surface area (TPSA) is 66.4 Å². The van der Waals surface area contributed by atoms with E-state index in [9.17, 15) is 18.4 Å². The fourth-order valence-corrected chi connectivity index (χ4v) is 4.63. The van der Waals surface area contributed by atoms with E-state index in [1.807, 2.05) is 0 Å². The monoisotopic (exact) mass is 374 g/mol. The first-order valence-electron chi connectivity index (χ1n) is 9.34. The van der Waals surface area contributed by atoms with Crippen molar-refractivity contribution in [2.45, 2.75) is 43.8 Å². The number of carbonyl (C=O) groups excluding carboxylic acids is 2. The van der Waals surface area contributed by atoms with Gasteiger partial charge in [-0.15, -0.1) is 0 Å². The van der Waals surface area contributed by atoms with Gasteiger partial charge >= 0.3 is 0 Å². The molecule has 0 aliphatic carbocycles. The Morgan fingerprint density at radius 1 is 1.07 bits per heavy atom. The van der Waals surface area contributed by atoms with E-state index in [1.54, 1.807) is 10.8 Å². The molecule has 3 unspecified atom stereocenters. The number of nitrogens with zero attached hydrogens (tertiary/aromatic N) is 2. The third-order valence-corrected chi connectivity index (χ3v) is 6.06. The van der Waals surface area contributed by atoms with Gasteiger partial charge in [0.2, 0.25) is 11.8 Å². The molecule has 27 heavy (non-hydrogen) atoms. The second-order valence-electron chi connectivity index (χ2n) is 7.68. The maximum atomic E-state index is 14.5. The van der Waals surface area contributed by atoms with Crippen molar-refractivity contribution in [3.8, 4) is 0 Å². The molecule has 4 fully saturated rings. The summed E-state index contributed by atoms with van der Waals surface area (Å²) in [6.07, 6.45) is 5.89. The van der Waals surface area contributed by atoms with Crippen LogP contribution in [-0.4, -0.2) is 41.6 Å². The van der Waals surface area contributed by atoms with Gasteiger partial charge in [0.15, 0.2) is 11.6 Å². The molecule has 8 heteroatoms. The Balaban J connectivity index is 1.60. The van der Waals surface area contributed by atoms with Crippen LogP contribution < -0.4 is 15.5 Å². The molecule has 3 atom stereocenters. The molecule has 1 aromatic heterocycles. The van der Waals surface area contributed by atoms with Crippen LogP contribution in [0.4, 0.5) is 14.5 Å².